The largest absolute Gasteiger partial charge is 0.465 e. The quantitative estimate of drug-likeness (QED) is 0.487. The van der Waals surface area contributed by atoms with Crippen LogP contribution in [0.3, 0.4) is 0 Å². The molecule has 2 aliphatic heterocycles. The van der Waals surface area contributed by atoms with Crippen LogP contribution in [0.5, 0.6) is 0 Å². The molecule has 0 radical (unpaired) electrons. The summed E-state index contributed by atoms with van der Waals surface area (Å²) in [6.07, 6.45) is 4.93. The van der Waals surface area contributed by atoms with Crippen molar-refractivity contribution in [2.75, 3.05) is 20.3 Å². The van der Waals surface area contributed by atoms with E-state index in [1.807, 2.05) is 30.3 Å². The Morgan fingerprint density at radius 3 is 2.79 bits per heavy atom. The second kappa shape index (κ2) is 8.88. The molecule has 8 nitrogen and oxygen atoms in total. The molecule has 3 aromatic rings. The van der Waals surface area contributed by atoms with E-state index in [9.17, 15) is 14.7 Å². The van der Waals surface area contributed by atoms with Crippen LogP contribution in [0.25, 0.3) is 21.7 Å². The number of aromatic nitrogens is 2. The first-order valence-corrected chi connectivity index (χ1v) is 11.1. The highest BCUT2D eigenvalue weighted by atomic mass is 16.5. The van der Waals surface area contributed by atoms with Crippen molar-refractivity contribution in [3.8, 4) is 0 Å². The lowest BCUT2D eigenvalue weighted by Crippen LogP contribution is -2.39. The third kappa shape index (κ3) is 3.96. The summed E-state index contributed by atoms with van der Waals surface area (Å²) < 4.78 is 11.6. The van der Waals surface area contributed by atoms with E-state index in [0.29, 0.717) is 48.9 Å². The number of aliphatic imine (C=N–C) groups is 1. The molecule has 0 bridgehead atoms. The van der Waals surface area contributed by atoms with Gasteiger partial charge >= 0.3 is 5.97 Å². The van der Waals surface area contributed by atoms with Crippen LogP contribution in [0.2, 0.25) is 0 Å². The molecule has 0 aliphatic carbocycles. The first-order valence-electron chi connectivity index (χ1n) is 11.1. The molecule has 2 unspecified atom stereocenters. The first-order chi connectivity index (χ1) is 16.1. The van der Waals surface area contributed by atoms with Gasteiger partial charge in [0.25, 0.3) is 5.56 Å². The highest BCUT2D eigenvalue weighted by Gasteiger charge is 2.27. The van der Waals surface area contributed by atoms with E-state index >= 15 is 0 Å². The van der Waals surface area contributed by atoms with Crippen LogP contribution in [0.4, 0.5) is 0 Å². The van der Waals surface area contributed by atoms with Gasteiger partial charge in [0.05, 0.1) is 43.1 Å². The molecule has 0 amide bonds. The zero-order chi connectivity index (χ0) is 22.9. The SMILES string of the molecule is COC(=O)C1=NC=C(Cc2cc3c(=O)n(C4CCOCC4O)cnc3c3ccccc23)CC1. The molecule has 170 valence electrons. The number of carbonyl (C=O) groups is 1. The van der Waals surface area contributed by atoms with Gasteiger partial charge in [-0.1, -0.05) is 24.3 Å². The summed E-state index contributed by atoms with van der Waals surface area (Å²) in [5, 5.41) is 12.8. The molecule has 1 aromatic heterocycles. The van der Waals surface area contributed by atoms with Crippen molar-refractivity contribution in [3.05, 3.63) is 64.3 Å². The molecule has 33 heavy (non-hydrogen) atoms. The minimum atomic E-state index is -0.745. The lowest BCUT2D eigenvalue weighted by molar-refractivity contribution is -0.132. The summed E-state index contributed by atoms with van der Waals surface area (Å²) in [5.41, 5.74) is 3.00. The van der Waals surface area contributed by atoms with Crippen molar-refractivity contribution < 1.29 is 19.4 Å². The number of hydrogen-bond acceptors (Lipinski definition) is 7. The van der Waals surface area contributed by atoms with Crippen LogP contribution in [-0.4, -0.2) is 52.8 Å². The lowest BCUT2D eigenvalue weighted by atomic mass is 9.93. The lowest BCUT2D eigenvalue weighted by Gasteiger charge is -2.29. The monoisotopic (exact) mass is 447 g/mol. The summed E-state index contributed by atoms with van der Waals surface area (Å²) in [6.45, 7) is 0.706. The molecule has 1 fully saturated rings. The second-order valence-electron chi connectivity index (χ2n) is 8.46. The van der Waals surface area contributed by atoms with Crippen molar-refractivity contribution in [2.24, 2.45) is 4.99 Å². The first kappa shape index (κ1) is 21.5. The fraction of sp³-hybridized carbons (Fsp3) is 0.360. The Morgan fingerprint density at radius 2 is 2.06 bits per heavy atom. The minimum Gasteiger partial charge on any atom is -0.465 e. The molecule has 1 saturated heterocycles. The summed E-state index contributed by atoms with van der Waals surface area (Å²) >= 11 is 0. The van der Waals surface area contributed by atoms with Gasteiger partial charge in [0.1, 0.15) is 5.71 Å². The molecule has 2 aromatic carbocycles. The highest BCUT2D eigenvalue weighted by molar-refractivity contribution is 6.36. The Kier molecular flexibility index (Phi) is 5.78. The maximum Gasteiger partial charge on any atom is 0.352 e. The van der Waals surface area contributed by atoms with Crippen LogP contribution in [0, 0.1) is 0 Å². The molecular formula is C25H25N3O5. The van der Waals surface area contributed by atoms with Gasteiger partial charge in [-0.3, -0.25) is 14.4 Å². The van der Waals surface area contributed by atoms with E-state index in [-0.39, 0.29) is 18.2 Å². The molecule has 8 heteroatoms. The number of carbonyl (C=O) groups excluding carboxylic acids is 1. The van der Waals surface area contributed by atoms with Gasteiger partial charge in [0.2, 0.25) is 0 Å². The second-order valence-corrected chi connectivity index (χ2v) is 8.46. The maximum atomic E-state index is 13.5. The van der Waals surface area contributed by atoms with Gasteiger partial charge in [-0.25, -0.2) is 9.78 Å². The van der Waals surface area contributed by atoms with Gasteiger partial charge < -0.3 is 14.6 Å². The number of benzene rings is 2. The highest BCUT2D eigenvalue weighted by Crippen LogP contribution is 2.30. The van der Waals surface area contributed by atoms with Crippen molar-refractivity contribution in [1.82, 2.24) is 9.55 Å². The zero-order valence-electron chi connectivity index (χ0n) is 18.4. The number of aliphatic hydroxyl groups excluding tert-OH is 1. The number of methoxy groups -OCH3 is 1. The van der Waals surface area contributed by atoms with Crippen LogP contribution in [0.1, 0.15) is 30.9 Å². The van der Waals surface area contributed by atoms with Crippen molar-refractivity contribution >= 4 is 33.4 Å². The number of hydrogen-bond donors (Lipinski definition) is 1. The van der Waals surface area contributed by atoms with Crippen LogP contribution in [0.15, 0.2) is 58.2 Å². The fourth-order valence-corrected chi connectivity index (χ4v) is 4.70. The number of aliphatic hydroxyl groups is 1. The molecule has 2 aliphatic rings. The Hall–Kier alpha value is -3.36. The van der Waals surface area contributed by atoms with E-state index in [1.165, 1.54) is 7.11 Å². The molecule has 1 N–H and O–H groups in total. The van der Waals surface area contributed by atoms with E-state index in [1.54, 1.807) is 17.1 Å². The van der Waals surface area contributed by atoms with Gasteiger partial charge in [-0.15, -0.1) is 0 Å². The Balaban J connectivity index is 1.60. The Morgan fingerprint density at radius 1 is 1.24 bits per heavy atom. The third-order valence-electron chi connectivity index (χ3n) is 6.45. The van der Waals surface area contributed by atoms with E-state index < -0.39 is 12.1 Å². The molecule has 5 rings (SSSR count). The predicted molar refractivity (Wildman–Crippen MR) is 124 cm³/mol. The number of ether oxygens (including phenoxy) is 2. The number of fused-ring (bicyclic) bond motifs is 3. The number of rotatable bonds is 4. The Labute approximate surface area is 190 Å². The van der Waals surface area contributed by atoms with E-state index in [4.69, 9.17) is 9.47 Å². The molecular weight excluding hydrogens is 422 g/mol. The molecule has 2 atom stereocenters. The van der Waals surface area contributed by atoms with Crippen LogP contribution >= 0.6 is 0 Å². The number of nitrogens with zero attached hydrogens (tertiary/aromatic N) is 3. The van der Waals surface area contributed by atoms with Gasteiger partial charge in [-0.2, -0.15) is 0 Å². The molecule has 0 spiro atoms. The smallest absolute Gasteiger partial charge is 0.352 e. The maximum absolute atomic E-state index is 13.5. The van der Waals surface area contributed by atoms with Crippen molar-refractivity contribution in [1.29, 1.82) is 0 Å². The van der Waals surface area contributed by atoms with Crippen LogP contribution in [-0.2, 0) is 20.7 Å². The third-order valence-corrected chi connectivity index (χ3v) is 6.45. The minimum absolute atomic E-state index is 0.165. The van der Waals surface area contributed by atoms with Gasteiger partial charge in [-0.05, 0) is 41.9 Å². The van der Waals surface area contributed by atoms with Gasteiger partial charge in [0.15, 0.2) is 0 Å². The average molecular weight is 447 g/mol. The fourth-order valence-electron chi connectivity index (χ4n) is 4.70. The zero-order valence-corrected chi connectivity index (χ0v) is 18.4. The van der Waals surface area contributed by atoms with Crippen molar-refractivity contribution in [2.45, 2.75) is 37.8 Å². The van der Waals surface area contributed by atoms with E-state index in [2.05, 4.69) is 9.98 Å². The number of allylic oxidation sites excluding steroid dienone is 1. The summed E-state index contributed by atoms with van der Waals surface area (Å²) in [5.74, 6) is -0.400. The van der Waals surface area contributed by atoms with E-state index in [0.717, 1.165) is 21.9 Å². The average Bonchev–Trinajstić information content (AvgIpc) is 2.85. The topological polar surface area (TPSA) is 103 Å². The normalized spacial score (nSPS) is 21.0. The van der Waals surface area contributed by atoms with Crippen molar-refractivity contribution in [3.63, 3.8) is 0 Å². The van der Waals surface area contributed by atoms with Gasteiger partial charge in [0, 0.05) is 24.6 Å². The molecule has 3 heterocycles. The Bertz CT molecular complexity index is 1360. The summed E-state index contributed by atoms with van der Waals surface area (Å²) in [6, 6.07) is 9.48. The standard InChI is InChI=1S/C25H25N3O5/c1-32-25(31)20-7-6-15(12-26-20)10-16-11-19-23(18-5-3-2-4-17(16)18)27-14-28(24(19)30)21-8-9-33-13-22(21)29/h2-5,11-12,14,21-22,29H,6-10,13H2,1H3. The number of esters is 1. The summed E-state index contributed by atoms with van der Waals surface area (Å²) in [7, 11) is 1.35. The van der Waals surface area contributed by atoms with Crippen LogP contribution < -0.4 is 5.56 Å². The predicted octanol–water partition coefficient (Wildman–Crippen LogP) is 2.71. The summed E-state index contributed by atoms with van der Waals surface area (Å²) in [4.78, 5) is 34.1. The molecule has 0 saturated carbocycles.